The quantitative estimate of drug-likeness (QED) is 0.499. The molecule has 140 valence electrons. The molecule has 0 saturated heterocycles. The summed E-state index contributed by atoms with van der Waals surface area (Å²) in [4.78, 5) is 12.7. The first-order chi connectivity index (χ1) is 12.9. The molecule has 4 rings (SSSR count). The van der Waals surface area contributed by atoms with Gasteiger partial charge in [0.05, 0.1) is 11.5 Å². The van der Waals surface area contributed by atoms with Crippen LogP contribution in [-0.2, 0) is 5.72 Å². The summed E-state index contributed by atoms with van der Waals surface area (Å²) in [7, 11) is 0. The highest BCUT2D eigenvalue weighted by Gasteiger charge is 2.53. The molecule has 2 aliphatic rings. The maximum Gasteiger partial charge on any atom is 0.316 e. The van der Waals surface area contributed by atoms with Crippen molar-refractivity contribution in [2.45, 2.75) is 26.0 Å². The van der Waals surface area contributed by atoms with Crippen LogP contribution in [0.2, 0.25) is 0 Å². The molecule has 1 N–H and O–H groups in total. The predicted octanol–water partition coefficient (Wildman–Crippen LogP) is 3.38. The minimum Gasteiger partial charge on any atom is -0.346 e. The zero-order chi connectivity index (χ0) is 19.2. The molecule has 0 aromatic heterocycles. The summed E-state index contributed by atoms with van der Waals surface area (Å²) in [5, 5.41) is 23.7. The molecule has 0 bridgehead atoms. The molecule has 0 aliphatic carbocycles. The third kappa shape index (κ3) is 3.00. The largest absolute Gasteiger partial charge is 0.346 e. The first-order valence-electron chi connectivity index (χ1n) is 8.99. The van der Waals surface area contributed by atoms with Crippen LogP contribution < -0.4 is 4.90 Å². The van der Waals surface area contributed by atoms with E-state index in [2.05, 4.69) is 36.9 Å². The van der Waals surface area contributed by atoms with Gasteiger partial charge in [-0.15, -0.1) is 0 Å². The Bertz CT molecular complexity index is 942. The van der Waals surface area contributed by atoms with Crippen molar-refractivity contribution >= 4 is 28.3 Å². The Morgan fingerprint density at radius 1 is 1.22 bits per heavy atom. The number of thioether (sulfide) groups is 1. The van der Waals surface area contributed by atoms with E-state index in [0.717, 1.165) is 35.1 Å². The third-order valence-electron chi connectivity index (χ3n) is 5.24. The van der Waals surface area contributed by atoms with Gasteiger partial charge in [0.25, 0.3) is 11.4 Å². The molecule has 7 heteroatoms. The summed E-state index contributed by atoms with van der Waals surface area (Å²) < 4.78 is 2.05. The van der Waals surface area contributed by atoms with E-state index in [1.165, 1.54) is 17.7 Å². The number of hydrogen-bond donors (Lipinski definition) is 1. The van der Waals surface area contributed by atoms with E-state index in [9.17, 15) is 15.2 Å². The number of rotatable bonds is 3. The molecule has 6 nitrogen and oxygen atoms in total. The van der Waals surface area contributed by atoms with Gasteiger partial charge in [-0.1, -0.05) is 12.1 Å². The molecule has 2 aliphatic heterocycles. The summed E-state index contributed by atoms with van der Waals surface area (Å²) in [6.07, 6.45) is 0.990. The van der Waals surface area contributed by atoms with Crippen LogP contribution >= 0.6 is 11.8 Å². The Morgan fingerprint density at radius 3 is 2.67 bits per heavy atom. The lowest BCUT2D eigenvalue weighted by Gasteiger charge is -2.24. The Balaban J connectivity index is 1.79. The molecule has 2 aromatic rings. The number of nitro groups is 1. The summed E-state index contributed by atoms with van der Waals surface area (Å²) in [5.41, 5.74) is 2.95. The fraction of sp³-hybridized carbons (Fsp3) is 0.350. The van der Waals surface area contributed by atoms with Gasteiger partial charge in [0, 0.05) is 23.4 Å². The first-order valence-corrected chi connectivity index (χ1v) is 9.98. The molecule has 0 fully saturated rings. The van der Waals surface area contributed by atoms with Crippen LogP contribution in [0.1, 0.15) is 23.1 Å². The Morgan fingerprint density at radius 2 is 1.96 bits per heavy atom. The minimum absolute atomic E-state index is 0.0314. The highest BCUT2D eigenvalue weighted by Crippen LogP contribution is 2.39. The van der Waals surface area contributed by atoms with Gasteiger partial charge in [-0.2, -0.15) is 0 Å². The normalized spacial score (nSPS) is 22.1. The highest BCUT2D eigenvalue weighted by molar-refractivity contribution is 8.13. The second-order valence-electron chi connectivity index (χ2n) is 7.13. The van der Waals surface area contributed by atoms with E-state index in [1.807, 2.05) is 4.58 Å². The number of nitrogens with zero attached hydrogens (tertiary/aromatic N) is 3. The number of aliphatic hydroxyl groups is 1. The number of amidine groups is 1. The molecular weight excluding hydrogens is 362 g/mol. The fourth-order valence-electron chi connectivity index (χ4n) is 3.80. The lowest BCUT2D eigenvalue weighted by atomic mass is 10.0. The number of hydrogen-bond acceptors (Lipinski definition) is 5. The van der Waals surface area contributed by atoms with Crippen LogP contribution in [0.5, 0.6) is 0 Å². The van der Waals surface area contributed by atoms with Gasteiger partial charge in [0.15, 0.2) is 6.54 Å². The van der Waals surface area contributed by atoms with Crippen molar-refractivity contribution in [3.05, 3.63) is 69.3 Å². The number of benzene rings is 2. The van der Waals surface area contributed by atoms with Gasteiger partial charge in [-0.3, -0.25) is 10.1 Å². The summed E-state index contributed by atoms with van der Waals surface area (Å²) >= 11 is 1.76. The Hall–Kier alpha value is -2.38. The maximum absolute atomic E-state index is 11.7. The van der Waals surface area contributed by atoms with Gasteiger partial charge < -0.3 is 5.11 Å². The zero-order valence-electron chi connectivity index (χ0n) is 15.4. The molecule has 0 saturated carbocycles. The van der Waals surface area contributed by atoms with E-state index in [0.29, 0.717) is 12.1 Å². The van der Waals surface area contributed by atoms with Gasteiger partial charge in [-0.25, -0.2) is 9.48 Å². The second kappa shape index (κ2) is 6.65. The standard InChI is InChI=1S/C20H22N3O3S/c1-14-4-5-15(2)18(12-14)21-13-20(24,22-10-3-11-27-19(21)22)16-6-8-17(9-7-16)23(25)26/h4-9,12,24H,3,10-11,13H2,1-2H3/q+1. The van der Waals surface area contributed by atoms with Crippen LogP contribution in [0.4, 0.5) is 11.4 Å². The minimum atomic E-state index is -1.20. The predicted molar refractivity (Wildman–Crippen MR) is 107 cm³/mol. The molecule has 2 heterocycles. The average molecular weight is 384 g/mol. The van der Waals surface area contributed by atoms with E-state index in [4.69, 9.17) is 0 Å². The van der Waals surface area contributed by atoms with Crippen molar-refractivity contribution in [1.29, 1.82) is 0 Å². The number of non-ortho nitro benzene ring substituents is 1. The van der Waals surface area contributed by atoms with E-state index in [1.54, 1.807) is 23.9 Å². The van der Waals surface area contributed by atoms with Gasteiger partial charge >= 0.3 is 5.17 Å². The van der Waals surface area contributed by atoms with Crippen molar-refractivity contribution < 1.29 is 14.6 Å². The molecular formula is C20H22N3O3S+. The van der Waals surface area contributed by atoms with Crippen molar-refractivity contribution in [1.82, 2.24) is 0 Å². The Kier molecular flexibility index (Phi) is 4.44. The average Bonchev–Trinajstić information content (AvgIpc) is 2.98. The first kappa shape index (κ1) is 18.0. The van der Waals surface area contributed by atoms with Gasteiger partial charge in [-0.05, 0) is 61.4 Å². The molecule has 1 atom stereocenters. The molecule has 27 heavy (non-hydrogen) atoms. The van der Waals surface area contributed by atoms with Crippen molar-refractivity contribution in [3.63, 3.8) is 0 Å². The monoisotopic (exact) mass is 384 g/mol. The topological polar surface area (TPSA) is 69.6 Å². The van der Waals surface area contributed by atoms with E-state index < -0.39 is 10.6 Å². The zero-order valence-corrected chi connectivity index (χ0v) is 16.2. The Labute approximate surface area is 162 Å². The number of anilines is 1. The third-order valence-corrected chi connectivity index (χ3v) is 6.43. The van der Waals surface area contributed by atoms with Gasteiger partial charge in [0.2, 0.25) is 0 Å². The second-order valence-corrected chi connectivity index (χ2v) is 8.19. The maximum atomic E-state index is 11.7. The van der Waals surface area contributed by atoms with E-state index in [-0.39, 0.29) is 5.69 Å². The lowest BCUT2D eigenvalue weighted by molar-refractivity contribution is -0.656. The fourth-order valence-corrected chi connectivity index (χ4v) is 4.97. The number of aryl methyl sites for hydroxylation is 2. The van der Waals surface area contributed by atoms with Crippen LogP contribution in [-0.4, -0.2) is 38.6 Å². The van der Waals surface area contributed by atoms with Crippen molar-refractivity contribution in [2.75, 3.05) is 23.7 Å². The summed E-state index contributed by atoms with van der Waals surface area (Å²) in [6, 6.07) is 12.6. The summed E-state index contributed by atoms with van der Waals surface area (Å²) in [5.74, 6) is 1.02. The molecule has 2 aromatic carbocycles. The molecule has 1 unspecified atom stereocenters. The smallest absolute Gasteiger partial charge is 0.316 e. The number of nitro benzene ring substituents is 1. The molecule has 0 radical (unpaired) electrons. The van der Waals surface area contributed by atoms with Crippen LogP contribution in [0.3, 0.4) is 0 Å². The van der Waals surface area contributed by atoms with Crippen LogP contribution in [0.15, 0.2) is 42.5 Å². The molecule has 0 spiro atoms. The lowest BCUT2D eigenvalue weighted by Crippen LogP contribution is -2.41. The van der Waals surface area contributed by atoms with Crippen LogP contribution in [0, 0.1) is 24.0 Å². The van der Waals surface area contributed by atoms with Crippen LogP contribution in [0.25, 0.3) is 0 Å². The van der Waals surface area contributed by atoms with Crippen molar-refractivity contribution in [3.8, 4) is 0 Å². The highest BCUT2D eigenvalue weighted by atomic mass is 32.2. The van der Waals surface area contributed by atoms with Crippen molar-refractivity contribution in [2.24, 2.45) is 0 Å². The SMILES string of the molecule is Cc1ccc(C)c(N2CC(O)(c3ccc([N+](=O)[O-])cc3)[N+]3=C2SCCC3)c1. The van der Waals surface area contributed by atoms with E-state index >= 15 is 0 Å². The summed E-state index contributed by atoms with van der Waals surface area (Å²) in [6.45, 7) is 5.31. The number of β-amino-alcohol motifs (C(OH)–C–C–N with tert-alkyl or cyclic N) is 1. The molecule has 0 amide bonds. The van der Waals surface area contributed by atoms with Gasteiger partial charge in [0.1, 0.15) is 5.69 Å².